The van der Waals surface area contributed by atoms with Crippen molar-refractivity contribution in [1.29, 1.82) is 0 Å². The van der Waals surface area contributed by atoms with Gasteiger partial charge in [-0.1, -0.05) is 30.3 Å². The van der Waals surface area contributed by atoms with Gasteiger partial charge in [0.15, 0.2) is 0 Å². The molecule has 2 aromatic carbocycles. The maximum Gasteiger partial charge on any atom is 0.270 e. The van der Waals surface area contributed by atoms with E-state index in [2.05, 4.69) is 10.4 Å². The van der Waals surface area contributed by atoms with Crippen LogP contribution >= 0.6 is 0 Å². The molecule has 1 heterocycles. The van der Waals surface area contributed by atoms with Gasteiger partial charge >= 0.3 is 0 Å². The number of carbonyl (C=O) groups excluding carboxylic acids is 1. The van der Waals surface area contributed by atoms with Gasteiger partial charge in [-0.3, -0.25) is 4.79 Å². The number of para-hydroxylation sites is 1. The first-order valence-electron chi connectivity index (χ1n) is 7.78. The molecule has 0 bridgehead atoms. The number of aryl methyl sites for hydroxylation is 1. The second-order valence-corrected chi connectivity index (χ2v) is 5.55. The van der Waals surface area contributed by atoms with Crippen LogP contribution in [0.5, 0.6) is 0 Å². The van der Waals surface area contributed by atoms with Crippen LogP contribution in [-0.4, -0.2) is 22.2 Å². The molecule has 122 valence electrons. The highest BCUT2D eigenvalue weighted by molar-refractivity contribution is 5.93. The molecule has 0 radical (unpaired) electrons. The molecule has 3 aromatic rings. The third-order valence-electron chi connectivity index (χ3n) is 3.68. The molecule has 0 aliphatic carbocycles. The predicted octanol–water partition coefficient (Wildman–Crippen LogP) is 3.29. The van der Waals surface area contributed by atoms with Crippen LogP contribution in [-0.2, 0) is 6.42 Å². The Balaban J connectivity index is 1.68. The number of nitrogens with one attached hydrogen (secondary N) is 1. The van der Waals surface area contributed by atoms with Crippen molar-refractivity contribution in [2.75, 3.05) is 6.54 Å². The smallest absolute Gasteiger partial charge is 0.270 e. The highest BCUT2D eigenvalue weighted by atomic mass is 19.1. The maximum atomic E-state index is 12.9. The number of benzene rings is 2. The monoisotopic (exact) mass is 323 g/mol. The van der Waals surface area contributed by atoms with E-state index in [4.69, 9.17) is 0 Å². The minimum Gasteiger partial charge on any atom is -0.350 e. The van der Waals surface area contributed by atoms with Crippen molar-refractivity contribution >= 4 is 5.91 Å². The van der Waals surface area contributed by atoms with Gasteiger partial charge in [-0.15, -0.1) is 0 Å². The largest absolute Gasteiger partial charge is 0.350 e. The van der Waals surface area contributed by atoms with Gasteiger partial charge in [0, 0.05) is 6.54 Å². The molecule has 1 aromatic heterocycles. The molecule has 0 spiro atoms. The molecule has 24 heavy (non-hydrogen) atoms. The molecule has 0 saturated heterocycles. The van der Waals surface area contributed by atoms with Gasteiger partial charge in [0.2, 0.25) is 0 Å². The first-order valence-corrected chi connectivity index (χ1v) is 7.78. The molecular formula is C19H18FN3O. The lowest BCUT2D eigenvalue weighted by molar-refractivity contribution is 0.0946. The fourth-order valence-corrected chi connectivity index (χ4v) is 2.49. The molecule has 0 atom stereocenters. The second-order valence-electron chi connectivity index (χ2n) is 5.55. The summed E-state index contributed by atoms with van der Waals surface area (Å²) in [7, 11) is 0. The van der Waals surface area contributed by atoms with Crippen LogP contribution in [0.15, 0.2) is 60.7 Å². The van der Waals surface area contributed by atoms with Crippen molar-refractivity contribution in [3.63, 3.8) is 0 Å². The van der Waals surface area contributed by atoms with Gasteiger partial charge in [0.1, 0.15) is 11.5 Å². The van der Waals surface area contributed by atoms with Crippen molar-refractivity contribution in [3.05, 3.63) is 83.4 Å². The van der Waals surface area contributed by atoms with Crippen molar-refractivity contribution in [3.8, 4) is 5.69 Å². The molecule has 1 N–H and O–H groups in total. The number of rotatable bonds is 5. The summed E-state index contributed by atoms with van der Waals surface area (Å²) in [5.74, 6) is -0.438. The van der Waals surface area contributed by atoms with Crippen LogP contribution in [0.2, 0.25) is 0 Å². The molecule has 0 unspecified atom stereocenters. The van der Waals surface area contributed by atoms with E-state index >= 15 is 0 Å². The van der Waals surface area contributed by atoms with Crippen LogP contribution in [0.25, 0.3) is 5.69 Å². The van der Waals surface area contributed by atoms with E-state index in [1.165, 1.54) is 12.1 Å². The van der Waals surface area contributed by atoms with Gasteiger partial charge in [-0.2, -0.15) is 5.10 Å². The van der Waals surface area contributed by atoms with Crippen LogP contribution < -0.4 is 5.32 Å². The first kappa shape index (κ1) is 15.9. The molecule has 0 aliphatic rings. The molecule has 0 saturated carbocycles. The van der Waals surface area contributed by atoms with Gasteiger partial charge in [0.25, 0.3) is 5.91 Å². The van der Waals surface area contributed by atoms with E-state index < -0.39 is 0 Å². The number of carbonyl (C=O) groups is 1. The molecule has 0 aliphatic heterocycles. The number of aromatic nitrogens is 2. The van der Waals surface area contributed by atoms with Crippen LogP contribution in [0, 0.1) is 12.7 Å². The Morgan fingerprint density at radius 2 is 1.83 bits per heavy atom. The number of hydrogen-bond donors (Lipinski definition) is 1. The number of hydrogen-bond acceptors (Lipinski definition) is 2. The first-order chi connectivity index (χ1) is 11.6. The van der Waals surface area contributed by atoms with Gasteiger partial charge in [0.05, 0.1) is 11.4 Å². The summed E-state index contributed by atoms with van der Waals surface area (Å²) in [6.07, 6.45) is 0.643. The van der Waals surface area contributed by atoms with Gasteiger partial charge < -0.3 is 5.32 Å². The van der Waals surface area contributed by atoms with Crippen LogP contribution in [0.1, 0.15) is 21.7 Å². The lowest BCUT2D eigenvalue weighted by Gasteiger charge is -2.08. The molecule has 0 fully saturated rings. The number of nitrogens with zero attached hydrogens (tertiary/aromatic N) is 2. The SMILES string of the molecule is Cc1cc(C(=O)NCCc2ccc(F)cc2)n(-c2ccccc2)n1. The summed E-state index contributed by atoms with van der Waals surface area (Å²) >= 11 is 0. The van der Waals surface area contributed by atoms with Crippen molar-refractivity contribution in [2.24, 2.45) is 0 Å². The normalized spacial score (nSPS) is 10.6. The van der Waals surface area contributed by atoms with Crippen LogP contribution in [0.4, 0.5) is 4.39 Å². The highest BCUT2D eigenvalue weighted by Gasteiger charge is 2.14. The van der Waals surface area contributed by atoms with Gasteiger partial charge in [-0.25, -0.2) is 9.07 Å². The lowest BCUT2D eigenvalue weighted by Crippen LogP contribution is -2.27. The van der Waals surface area contributed by atoms with Gasteiger partial charge in [-0.05, 0) is 49.2 Å². The average molecular weight is 323 g/mol. The molecule has 5 heteroatoms. The van der Waals surface area contributed by atoms with E-state index in [0.717, 1.165) is 16.9 Å². The van der Waals surface area contributed by atoms with Crippen molar-refractivity contribution in [2.45, 2.75) is 13.3 Å². The third kappa shape index (κ3) is 3.68. The third-order valence-corrected chi connectivity index (χ3v) is 3.68. The Kier molecular flexibility index (Phi) is 4.70. The summed E-state index contributed by atoms with van der Waals surface area (Å²) in [6.45, 7) is 2.33. The molecule has 4 nitrogen and oxygen atoms in total. The zero-order valence-corrected chi connectivity index (χ0v) is 13.4. The summed E-state index contributed by atoms with van der Waals surface area (Å²) in [4.78, 5) is 12.5. The minimum atomic E-state index is -0.259. The topological polar surface area (TPSA) is 46.9 Å². The Labute approximate surface area is 139 Å². The Hall–Kier alpha value is -2.95. The lowest BCUT2D eigenvalue weighted by atomic mass is 10.1. The molecule has 1 amide bonds. The number of halogens is 1. The Morgan fingerprint density at radius 3 is 2.54 bits per heavy atom. The summed E-state index contributed by atoms with van der Waals surface area (Å²) in [6, 6.07) is 17.6. The molecular weight excluding hydrogens is 305 g/mol. The van der Waals surface area contributed by atoms with Crippen LogP contribution in [0.3, 0.4) is 0 Å². The Morgan fingerprint density at radius 1 is 1.12 bits per heavy atom. The zero-order valence-electron chi connectivity index (χ0n) is 13.4. The fourth-order valence-electron chi connectivity index (χ4n) is 2.49. The average Bonchev–Trinajstić information content (AvgIpc) is 2.99. The predicted molar refractivity (Wildman–Crippen MR) is 90.7 cm³/mol. The van der Waals surface area contributed by atoms with E-state index in [0.29, 0.717) is 18.7 Å². The van der Waals surface area contributed by atoms with E-state index in [1.54, 1.807) is 22.9 Å². The summed E-state index contributed by atoms with van der Waals surface area (Å²) in [5.41, 5.74) is 3.10. The van der Waals surface area contributed by atoms with Crippen molar-refractivity contribution in [1.82, 2.24) is 15.1 Å². The fraction of sp³-hybridized carbons (Fsp3) is 0.158. The van der Waals surface area contributed by atoms with E-state index in [9.17, 15) is 9.18 Å². The zero-order chi connectivity index (χ0) is 16.9. The standard InChI is InChI=1S/C19H18FN3O/c1-14-13-18(23(22-14)17-5-3-2-4-6-17)19(24)21-12-11-15-7-9-16(20)10-8-15/h2-10,13H,11-12H2,1H3,(H,21,24). The minimum absolute atomic E-state index is 0.179. The second kappa shape index (κ2) is 7.08. The highest BCUT2D eigenvalue weighted by Crippen LogP contribution is 2.12. The quantitative estimate of drug-likeness (QED) is 0.783. The van der Waals surface area contributed by atoms with E-state index in [1.807, 2.05) is 37.3 Å². The van der Waals surface area contributed by atoms with Crippen molar-refractivity contribution < 1.29 is 9.18 Å². The molecule has 3 rings (SSSR count). The number of amides is 1. The summed E-state index contributed by atoms with van der Waals surface area (Å²) in [5, 5.41) is 7.28. The Bertz CT molecular complexity index is 826. The van der Waals surface area contributed by atoms with E-state index in [-0.39, 0.29) is 11.7 Å². The maximum absolute atomic E-state index is 12.9. The summed E-state index contributed by atoms with van der Waals surface area (Å²) < 4.78 is 14.5.